The predicted molar refractivity (Wildman–Crippen MR) is 105 cm³/mol. The highest BCUT2D eigenvalue weighted by Crippen LogP contribution is 2.14. The Morgan fingerprint density at radius 1 is 1.08 bits per heavy atom. The standard InChI is InChI=1S/C21H33N3O2/c1-2-3-5-8-20(25)23-19(21(26)24-13-6-4-7-14-24)15-17-9-11-18(16-22)12-10-17/h9-12,19H,2-8,13-16,22H2,1H3,(H,23,25)/t19-/m0/s1. The second-order valence-corrected chi connectivity index (χ2v) is 7.19. The van der Waals surface area contributed by atoms with Gasteiger partial charge in [0.25, 0.3) is 0 Å². The molecule has 3 N–H and O–H groups in total. The Bertz CT molecular complexity index is 565. The van der Waals surface area contributed by atoms with Crippen molar-refractivity contribution in [2.45, 2.75) is 70.9 Å². The summed E-state index contributed by atoms with van der Waals surface area (Å²) in [6, 6.07) is 7.50. The monoisotopic (exact) mass is 359 g/mol. The highest BCUT2D eigenvalue weighted by Gasteiger charge is 2.27. The molecule has 0 spiro atoms. The lowest BCUT2D eigenvalue weighted by atomic mass is 10.0. The van der Waals surface area contributed by atoms with Gasteiger partial charge in [0.2, 0.25) is 11.8 Å². The molecule has 1 atom stereocenters. The topological polar surface area (TPSA) is 75.4 Å². The average molecular weight is 360 g/mol. The number of nitrogens with two attached hydrogens (primary N) is 1. The summed E-state index contributed by atoms with van der Waals surface area (Å²) in [5, 5.41) is 3.00. The molecule has 0 saturated carbocycles. The number of benzene rings is 1. The van der Waals surface area contributed by atoms with Crippen molar-refractivity contribution in [2.75, 3.05) is 13.1 Å². The van der Waals surface area contributed by atoms with Crippen LogP contribution in [-0.4, -0.2) is 35.8 Å². The van der Waals surface area contributed by atoms with Crippen molar-refractivity contribution in [1.82, 2.24) is 10.2 Å². The highest BCUT2D eigenvalue weighted by atomic mass is 16.2. The second kappa shape index (κ2) is 11.0. The largest absolute Gasteiger partial charge is 0.344 e. The molecule has 1 aromatic rings. The SMILES string of the molecule is CCCCCC(=O)N[C@@H](Cc1ccc(CN)cc1)C(=O)N1CCCCC1. The Hall–Kier alpha value is -1.88. The van der Waals surface area contributed by atoms with E-state index in [1.165, 1.54) is 6.42 Å². The van der Waals surface area contributed by atoms with Crippen LogP contribution in [0.5, 0.6) is 0 Å². The van der Waals surface area contributed by atoms with Crippen LogP contribution >= 0.6 is 0 Å². The van der Waals surface area contributed by atoms with E-state index in [1.54, 1.807) is 0 Å². The smallest absolute Gasteiger partial charge is 0.245 e. The summed E-state index contributed by atoms with van der Waals surface area (Å²) in [6.07, 6.45) is 7.29. The molecule has 0 aromatic heterocycles. The lowest BCUT2D eigenvalue weighted by molar-refractivity contribution is -0.137. The summed E-state index contributed by atoms with van der Waals surface area (Å²) in [6.45, 7) is 4.22. The van der Waals surface area contributed by atoms with E-state index in [4.69, 9.17) is 5.73 Å². The molecule has 0 aliphatic carbocycles. The van der Waals surface area contributed by atoms with E-state index < -0.39 is 6.04 Å². The molecule has 1 aliphatic rings. The molecular weight excluding hydrogens is 326 g/mol. The van der Waals surface area contributed by atoms with Crippen molar-refractivity contribution < 1.29 is 9.59 Å². The van der Waals surface area contributed by atoms with Gasteiger partial charge < -0.3 is 16.0 Å². The number of carbonyl (C=O) groups is 2. The van der Waals surface area contributed by atoms with Gasteiger partial charge in [-0.2, -0.15) is 0 Å². The number of carbonyl (C=O) groups excluding carboxylic acids is 2. The third-order valence-corrected chi connectivity index (χ3v) is 5.01. The Labute approximate surface area is 157 Å². The third-order valence-electron chi connectivity index (χ3n) is 5.01. The number of likely N-dealkylation sites (tertiary alicyclic amines) is 1. The van der Waals surface area contributed by atoms with Gasteiger partial charge in [-0.1, -0.05) is 44.0 Å². The maximum atomic E-state index is 13.0. The van der Waals surface area contributed by atoms with Crippen LogP contribution in [0.3, 0.4) is 0 Å². The van der Waals surface area contributed by atoms with Crippen LogP contribution in [0.2, 0.25) is 0 Å². The number of piperidine rings is 1. The van der Waals surface area contributed by atoms with E-state index in [9.17, 15) is 9.59 Å². The van der Waals surface area contributed by atoms with E-state index in [-0.39, 0.29) is 11.8 Å². The van der Waals surface area contributed by atoms with E-state index in [1.807, 2.05) is 29.2 Å². The van der Waals surface area contributed by atoms with E-state index >= 15 is 0 Å². The first-order valence-electron chi connectivity index (χ1n) is 10.00. The Morgan fingerprint density at radius 2 is 1.73 bits per heavy atom. The number of nitrogens with zero attached hydrogens (tertiary/aromatic N) is 1. The van der Waals surface area contributed by atoms with Gasteiger partial charge in [-0.3, -0.25) is 9.59 Å². The minimum Gasteiger partial charge on any atom is -0.344 e. The van der Waals surface area contributed by atoms with Crippen LogP contribution < -0.4 is 11.1 Å². The summed E-state index contributed by atoms with van der Waals surface area (Å²) in [7, 11) is 0. The normalized spacial score (nSPS) is 15.5. The van der Waals surface area contributed by atoms with Crippen LogP contribution in [-0.2, 0) is 22.6 Å². The van der Waals surface area contributed by atoms with E-state index in [2.05, 4.69) is 12.2 Å². The Balaban J connectivity index is 2.03. The molecule has 26 heavy (non-hydrogen) atoms. The number of rotatable bonds is 9. The van der Waals surface area contributed by atoms with Gasteiger partial charge in [0.15, 0.2) is 0 Å². The van der Waals surface area contributed by atoms with Crippen LogP contribution in [0.4, 0.5) is 0 Å². The first kappa shape index (κ1) is 20.4. The molecule has 1 saturated heterocycles. The fourth-order valence-corrected chi connectivity index (χ4v) is 3.38. The van der Waals surface area contributed by atoms with Gasteiger partial charge >= 0.3 is 0 Å². The summed E-state index contributed by atoms with van der Waals surface area (Å²) < 4.78 is 0. The predicted octanol–water partition coefficient (Wildman–Crippen LogP) is 2.77. The number of unbranched alkanes of at least 4 members (excludes halogenated alkanes) is 2. The van der Waals surface area contributed by atoms with Gasteiger partial charge in [-0.25, -0.2) is 0 Å². The molecule has 144 valence electrons. The summed E-state index contributed by atoms with van der Waals surface area (Å²) in [5.74, 6) is 0.0313. The molecule has 0 bridgehead atoms. The molecule has 0 unspecified atom stereocenters. The van der Waals surface area contributed by atoms with Crippen molar-refractivity contribution in [1.29, 1.82) is 0 Å². The molecule has 1 fully saturated rings. The summed E-state index contributed by atoms with van der Waals surface area (Å²) in [5.41, 5.74) is 7.77. The molecule has 5 nitrogen and oxygen atoms in total. The maximum Gasteiger partial charge on any atom is 0.245 e. The molecule has 1 aliphatic heterocycles. The minimum absolute atomic E-state index is 0.0209. The summed E-state index contributed by atoms with van der Waals surface area (Å²) in [4.78, 5) is 27.2. The van der Waals surface area contributed by atoms with Gasteiger partial charge in [-0.15, -0.1) is 0 Å². The van der Waals surface area contributed by atoms with Crippen molar-refractivity contribution >= 4 is 11.8 Å². The highest BCUT2D eigenvalue weighted by molar-refractivity contribution is 5.88. The Morgan fingerprint density at radius 3 is 2.35 bits per heavy atom. The fourth-order valence-electron chi connectivity index (χ4n) is 3.38. The van der Waals surface area contributed by atoms with Crippen LogP contribution in [0, 0.1) is 0 Å². The van der Waals surface area contributed by atoms with Crippen LogP contribution in [0.25, 0.3) is 0 Å². The zero-order valence-corrected chi connectivity index (χ0v) is 16.0. The minimum atomic E-state index is -0.481. The lowest BCUT2D eigenvalue weighted by Gasteiger charge is -2.31. The first-order chi connectivity index (χ1) is 12.6. The molecule has 2 amide bonds. The van der Waals surface area contributed by atoms with Gasteiger partial charge in [0, 0.05) is 32.5 Å². The van der Waals surface area contributed by atoms with Crippen molar-refractivity contribution in [3.05, 3.63) is 35.4 Å². The van der Waals surface area contributed by atoms with Gasteiger partial charge in [0.1, 0.15) is 6.04 Å². The molecule has 5 heteroatoms. The van der Waals surface area contributed by atoms with E-state index in [0.29, 0.717) is 19.4 Å². The maximum absolute atomic E-state index is 13.0. The molecule has 1 aromatic carbocycles. The van der Waals surface area contributed by atoms with E-state index in [0.717, 1.165) is 56.3 Å². The second-order valence-electron chi connectivity index (χ2n) is 7.19. The number of nitrogens with one attached hydrogen (secondary N) is 1. The quantitative estimate of drug-likeness (QED) is 0.666. The summed E-state index contributed by atoms with van der Waals surface area (Å²) >= 11 is 0. The molecule has 2 rings (SSSR count). The number of hydrogen-bond donors (Lipinski definition) is 2. The number of amides is 2. The average Bonchev–Trinajstić information content (AvgIpc) is 2.68. The van der Waals surface area contributed by atoms with Crippen LogP contribution in [0.15, 0.2) is 24.3 Å². The first-order valence-corrected chi connectivity index (χ1v) is 10.00. The molecule has 0 radical (unpaired) electrons. The van der Waals surface area contributed by atoms with Crippen molar-refractivity contribution in [3.8, 4) is 0 Å². The molecule has 1 heterocycles. The van der Waals surface area contributed by atoms with Gasteiger partial charge in [0.05, 0.1) is 0 Å². The molecular formula is C21H33N3O2. The third kappa shape index (κ3) is 6.45. The lowest BCUT2D eigenvalue weighted by Crippen LogP contribution is -2.51. The number of hydrogen-bond acceptors (Lipinski definition) is 3. The zero-order valence-electron chi connectivity index (χ0n) is 16.0. The van der Waals surface area contributed by atoms with Crippen LogP contribution in [0.1, 0.15) is 63.0 Å². The van der Waals surface area contributed by atoms with Crippen molar-refractivity contribution in [3.63, 3.8) is 0 Å². The van der Waals surface area contributed by atoms with Gasteiger partial charge in [-0.05, 0) is 36.8 Å². The fraction of sp³-hybridized carbons (Fsp3) is 0.619. The van der Waals surface area contributed by atoms with Crippen molar-refractivity contribution in [2.24, 2.45) is 5.73 Å². The zero-order chi connectivity index (χ0) is 18.8. The Kier molecular flexibility index (Phi) is 8.62.